The van der Waals surface area contributed by atoms with E-state index in [0.717, 1.165) is 0 Å². The molecule has 0 spiro atoms. The van der Waals surface area contributed by atoms with Crippen LogP contribution in [0.2, 0.25) is 0 Å². The van der Waals surface area contributed by atoms with Gasteiger partial charge >= 0.3 is 0 Å². The fourth-order valence-electron chi connectivity index (χ4n) is 3.06. The Morgan fingerprint density at radius 2 is 1.61 bits per heavy atom. The summed E-state index contributed by atoms with van der Waals surface area (Å²) in [6.07, 6.45) is 0.804. The molecule has 2 aromatic carbocycles. The summed E-state index contributed by atoms with van der Waals surface area (Å²) in [4.78, 5) is 0.365. The first-order valence-corrected chi connectivity index (χ1v) is 12.4. The van der Waals surface area contributed by atoms with E-state index in [1.54, 1.807) is 30.3 Å². The first kappa shape index (κ1) is 21.3. The molecule has 0 atom stereocenters. The van der Waals surface area contributed by atoms with Crippen LogP contribution in [0, 0.1) is 0 Å². The minimum absolute atomic E-state index is 0.170. The second kappa shape index (κ2) is 8.50. The van der Waals surface area contributed by atoms with Gasteiger partial charge in [-0.2, -0.15) is 4.31 Å². The van der Waals surface area contributed by atoms with Gasteiger partial charge in [-0.3, -0.25) is 0 Å². The molecule has 1 fully saturated rings. The van der Waals surface area contributed by atoms with Crippen LogP contribution in [0.1, 0.15) is 12.8 Å². The largest absolute Gasteiger partial charge is 0.497 e. The molecule has 0 radical (unpaired) electrons. The third-order valence-corrected chi connectivity index (χ3v) is 9.04. The predicted molar refractivity (Wildman–Crippen MR) is 109 cm³/mol. The number of hydrogen-bond acceptors (Lipinski definition) is 5. The molecule has 1 saturated heterocycles. The summed E-state index contributed by atoms with van der Waals surface area (Å²) >= 11 is 3.25. The highest BCUT2D eigenvalue weighted by Crippen LogP contribution is 2.25. The zero-order valence-corrected chi connectivity index (χ0v) is 18.4. The van der Waals surface area contributed by atoms with Crippen molar-refractivity contribution < 1.29 is 21.6 Å². The molecule has 0 aromatic heterocycles. The summed E-state index contributed by atoms with van der Waals surface area (Å²) in [7, 11) is -5.78. The van der Waals surface area contributed by atoms with E-state index in [4.69, 9.17) is 4.74 Å². The Hall–Kier alpha value is -1.46. The number of nitrogens with one attached hydrogen (secondary N) is 1. The van der Waals surface area contributed by atoms with E-state index in [-0.39, 0.29) is 28.9 Å². The fraction of sp³-hybridized carbons (Fsp3) is 0.333. The first-order valence-electron chi connectivity index (χ1n) is 8.65. The van der Waals surface area contributed by atoms with Gasteiger partial charge in [0.2, 0.25) is 20.0 Å². The van der Waals surface area contributed by atoms with Crippen molar-refractivity contribution in [3.63, 3.8) is 0 Å². The molecule has 7 nitrogen and oxygen atoms in total. The average Bonchev–Trinajstić information content (AvgIpc) is 2.68. The van der Waals surface area contributed by atoms with Crippen LogP contribution in [-0.2, 0) is 20.0 Å². The Morgan fingerprint density at radius 3 is 2.18 bits per heavy atom. The average molecular weight is 489 g/mol. The molecule has 1 heterocycles. The topological polar surface area (TPSA) is 92.8 Å². The number of rotatable bonds is 6. The zero-order chi connectivity index (χ0) is 20.4. The third kappa shape index (κ3) is 4.57. The highest BCUT2D eigenvalue weighted by atomic mass is 79.9. The highest BCUT2D eigenvalue weighted by molar-refractivity contribution is 9.10. The second-order valence-electron chi connectivity index (χ2n) is 6.41. The molecule has 0 saturated carbocycles. The van der Waals surface area contributed by atoms with Crippen molar-refractivity contribution in [1.29, 1.82) is 0 Å². The van der Waals surface area contributed by atoms with Gasteiger partial charge in [-0.05, 0) is 65.2 Å². The first-order chi connectivity index (χ1) is 13.2. The number of benzene rings is 2. The molecule has 1 aliphatic heterocycles. The molecular weight excluding hydrogens is 468 g/mol. The molecule has 0 bridgehead atoms. The van der Waals surface area contributed by atoms with Gasteiger partial charge in [0, 0.05) is 23.6 Å². The monoisotopic (exact) mass is 488 g/mol. The van der Waals surface area contributed by atoms with Crippen LogP contribution >= 0.6 is 15.9 Å². The van der Waals surface area contributed by atoms with Gasteiger partial charge in [-0.25, -0.2) is 21.6 Å². The summed E-state index contributed by atoms with van der Waals surface area (Å²) in [5.74, 6) is 0.583. The van der Waals surface area contributed by atoms with E-state index in [1.807, 2.05) is 0 Å². The number of piperidine rings is 1. The highest BCUT2D eigenvalue weighted by Gasteiger charge is 2.31. The summed E-state index contributed by atoms with van der Waals surface area (Å²) in [5, 5.41) is 0. The van der Waals surface area contributed by atoms with Crippen LogP contribution in [0.4, 0.5) is 0 Å². The SMILES string of the molecule is COc1ccc(S(=O)(=O)N2CCC(NS(=O)(=O)c3ccccc3Br)CC2)cc1. The van der Waals surface area contributed by atoms with E-state index >= 15 is 0 Å². The van der Waals surface area contributed by atoms with Gasteiger partial charge in [0.15, 0.2) is 0 Å². The summed E-state index contributed by atoms with van der Waals surface area (Å²) in [5.41, 5.74) is 0. The van der Waals surface area contributed by atoms with Crippen LogP contribution in [0.15, 0.2) is 62.8 Å². The molecule has 0 unspecified atom stereocenters. The second-order valence-corrected chi connectivity index (χ2v) is 10.9. The molecule has 2 aromatic rings. The molecule has 0 aliphatic carbocycles. The van der Waals surface area contributed by atoms with E-state index in [0.29, 0.717) is 23.1 Å². The molecule has 0 amide bonds. The normalized spacial score (nSPS) is 16.8. The van der Waals surface area contributed by atoms with Crippen LogP contribution < -0.4 is 9.46 Å². The Labute approximate surface area is 173 Å². The Morgan fingerprint density at radius 1 is 1.00 bits per heavy atom. The van der Waals surface area contributed by atoms with Crippen molar-refractivity contribution in [3.05, 3.63) is 53.0 Å². The lowest BCUT2D eigenvalue weighted by molar-refractivity contribution is 0.308. The van der Waals surface area contributed by atoms with E-state index in [1.165, 1.54) is 29.6 Å². The van der Waals surface area contributed by atoms with E-state index < -0.39 is 20.0 Å². The third-order valence-electron chi connectivity index (χ3n) is 4.60. The molecule has 3 rings (SSSR count). The summed E-state index contributed by atoms with van der Waals surface area (Å²) < 4.78 is 60.4. The zero-order valence-electron chi connectivity index (χ0n) is 15.2. The molecular formula is C18H21BrN2O5S2. The predicted octanol–water partition coefficient (Wildman–Crippen LogP) is 2.59. The number of nitrogens with zero attached hydrogens (tertiary/aromatic N) is 1. The Kier molecular flexibility index (Phi) is 6.45. The van der Waals surface area contributed by atoms with Gasteiger partial charge in [-0.15, -0.1) is 0 Å². The summed E-state index contributed by atoms with van der Waals surface area (Å²) in [6, 6.07) is 12.5. The molecule has 28 heavy (non-hydrogen) atoms. The van der Waals surface area contributed by atoms with Gasteiger partial charge in [0.1, 0.15) is 5.75 Å². The standard InChI is InChI=1S/C18H21BrN2O5S2/c1-26-15-6-8-16(9-7-15)28(24,25)21-12-10-14(11-13-21)20-27(22,23)18-5-3-2-4-17(18)19/h2-9,14,20H,10-13H2,1H3. The van der Waals surface area contributed by atoms with Crippen LogP contribution in [0.25, 0.3) is 0 Å². The van der Waals surface area contributed by atoms with Crippen LogP contribution in [-0.4, -0.2) is 47.4 Å². The van der Waals surface area contributed by atoms with Crippen molar-refractivity contribution in [2.75, 3.05) is 20.2 Å². The summed E-state index contributed by atoms with van der Waals surface area (Å²) in [6.45, 7) is 0.495. The minimum atomic E-state index is -3.68. The lowest BCUT2D eigenvalue weighted by Crippen LogP contribution is -2.46. The van der Waals surface area contributed by atoms with Crippen molar-refractivity contribution in [3.8, 4) is 5.75 Å². The van der Waals surface area contributed by atoms with Crippen LogP contribution in [0.3, 0.4) is 0 Å². The number of methoxy groups -OCH3 is 1. The number of hydrogen-bond donors (Lipinski definition) is 1. The molecule has 1 N–H and O–H groups in total. The Bertz CT molecular complexity index is 1030. The number of sulfonamides is 2. The maximum absolute atomic E-state index is 12.8. The van der Waals surface area contributed by atoms with Gasteiger partial charge in [0.05, 0.1) is 16.9 Å². The fourth-order valence-corrected chi connectivity index (χ4v) is 6.83. The molecule has 152 valence electrons. The van der Waals surface area contributed by atoms with Crippen molar-refractivity contribution in [2.45, 2.75) is 28.7 Å². The van der Waals surface area contributed by atoms with Crippen LogP contribution in [0.5, 0.6) is 5.75 Å². The number of ether oxygens (including phenoxy) is 1. The lowest BCUT2D eigenvalue weighted by Gasteiger charge is -2.31. The Balaban J connectivity index is 1.66. The smallest absolute Gasteiger partial charge is 0.243 e. The van der Waals surface area contributed by atoms with Gasteiger partial charge < -0.3 is 4.74 Å². The minimum Gasteiger partial charge on any atom is -0.497 e. The van der Waals surface area contributed by atoms with Crippen molar-refractivity contribution in [1.82, 2.24) is 9.03 Å². The van der Waals surface area contributed by atoms with Crippen molar-refractivity contribution in [2.24, 2.45) is 0 Å². The maximum Gasteiger partial charge on any atom is 0.243 e. The van der Waals surface area contributed by atoms with E-state index in [2.05, 4.69) is 20.7 Å². The van der Waals surface area contributed by atoms with Gasteiger partial charge in [0.25, 0.3) is 0 Å². The quantitative estimate of drug-likeness (QED) is 0.674. The molecule has 10 heteroatoms. The van der Waals surface area contributed by atoms with Crippen molar-refractivity contribution >= 4 is 36.0 Å². The van der Waals surface area contributed by atoms with E-state index in [9.17, 15) is 16.8 Å². The maximum atomic E-state index is 12.8. The lowest BCUT2D eigenvalue weighted by atomic mass is 10.1. The number of halogens is 1. The molecule has 1 aliphatic rings. The van der Waals surface area contributed by atoms with Gasteiger partial charge in [-0.1, -0.05) is 12.1 Å².